The molecule has 0 spiro atoms. The second kappa shape index (κ2) is 8.01. The van der Waals surface area contributed by atoms with Crippen molar-refractivity contribution < 1.29 is 4.39 Å². The lowest BCUT2D eigenvalue weighted by molar-refractivity contribution is 0.244. The summed E-state index contributed by atoms with van der Waals surface area (Å²) in [5.41, 5.74) is 5.42. The van der Waals surface area contributed by atoms with E-state index in [0.29, 0.717) is 5.92 Å². The standard InChI is InChI=1S/C24H26FN/c25-24-11-9-21(10-12-24)23-8-4-5-19(17-23)18-26-15-13-22(14-16-26)20-6-2-1-3-7-20/h1-3,6-13,19H,4-5,14-18H2/t19-/m1/s1. The van der Waals surface area contributed by atoms with Gasteiger partial charge in [-0.1, -0.05) is 54.6 Å². The lowest BCUT2D eigenvalue weighted by Crippen LogP contribution is -2.33. The van der Waals surface area contributed by atoms with Crippen LogP contribution in [0.4, 0.5) is 4.39 Å². The van der Waals surface area contributed by atoms with Crippen LogP contribution in [0.15, 0.2) is 66.7 Å². The van der Waals surface area contributed by atoms with E-state index in [-0.39, 0.29) is 5.82 Å². The SMILES string of the molecule is Fc1ccc(C2=CCC[C@@H](CN3CC=C(c4ccccc4)CC3)C2)cc1. The molecule has 1 atom stereocenters. The molecule has 0 unspecified atom stereocenters. The highest BCUT2D eigenvalue weighted by molar-refractivity contribution is 5.67. The lowest BCUT2D eigenvalue weighted by atomic mass is 9.85. The Labute approximate surface area is 155 Å². The maximum absolute atomic E-state index is 13.2. The van der Waals surface area contributed by atoms with Crippen LogP contribution < -0.4 is 0 Å². The maximum atomic E-state index is 13.2. The van der Waals surface area contributed by atoms with E-state index >= 15 is 0 Å². The molecule has 1 aliphatic carbocycles. The molecule has 4 rings (SSSR count). The predicted octanol–water partition coefficient (Wildman–Crippen LogP) is 5.80. The van der Waals surface area contributed by atoms with Gasteiger partial charge in [0.2, 0.25) is 0 Å². The van der Waals surface area contributed by atoms with Crippen molar-refractivity contribution in [2.45, 2.75) is 25.7 Å². The average Bonchev–Trinajstić information content (AvgIpc) is 2.70. The number of benzene rings is 2. The Hall–Kier alpha value is -2.19. The normalized spacial score (nSPS) is 21.2. The van der Waals surface area contributed by atoms with E-state index in [1.54, 1.807) is 12.1 Å². The third-order valence-electron chi connectivity index (χ3n) is 5.64. The number of rotatable bonds is 4. The van der Waals surface area contributed by atoms with Gasteiger partial charge in [-0.25, -0.2) is 4.39 Å². The van der Waals surface area contributed by atoms with E-state index in [1.165, 1.54) is 28.7 Å². The first-order valence-corrected chi connectivity index (χ1v) is 9.70. The molecule has 26 heavy (non-hydrogen) atoms. The monoisotopic (exact) mass is 347 g/mol. The number of allylic oxidation sites excluding steroid dienone is 2. The molecule has 0 bridgehead atoms. The van der Waals surface area contributed by atoms with Crippen molar-refractivity contribution in [3.63, 3.8) is 0 Å². The topological polar surface area (TPSA) is 3.24 Å². The van der Waals surface area contributed by atoms with E-state index < -0.39 is 0 Å². The summed E-state index contributed by atoms with van der Waals surface area (Å²) < 4.78 is 13.2. The fraction of sp³-hybridized carbons (Fsp3) is 0.333. The fourth-order valence-electron chi connectivity index (χ4n) is 4.20. The number of nitrogens with zero attached hydrogens (tertiary/aromatic N) is 1. The first-order chi connectivity index (χ1) is 12.8. The van der Waals surface area contributed by atoms with Gasteiger partial charge in [-0.2, -0.15) is 0 Å². The summed E-state index contributed by atoms with van der Waals surface area (Å²) in [6.45, 7) is 3.36. The Balaban J connectivity index is 1.35. The predicted molar refractivity (Wildman–Crippen MR) is 107 cm³/mol. The van der Waals surface area contributed by atoms with Crippen LogP contribution in [0.2, 0.25) is 0 Å². The Morgan fingerprint density at radius 1 is 0.885 bits per heavy atom. The van der Waals surface area contributed by atoms with Crippen LogP contribution in [0, 0.1) is 11.7 Å². The zero-order chi connectivity index (χ0) is 17.8. The molecule has 0 fully saturated rings. The molecule has 0 saturated heterocycles. The molecule has 1 heterocycles. The van der Waals surface area contributed by atoms with Crippen molar-refractivity contribution in [1.82, 2.24) is 4.90 Å². The minimum atomic E-state index is -0.156. The van der Waals surface area contributed by atoms with Crippen molar-refractivity contribution in [3.8, 4) is 0 Å². The van der Waals surface area contributed by atoms with Gasteiger partial charge in [-0.3, -0.25) is 4.90 Å². The summed E-state index contributed by atoms with van der Waals surface area (Å²) in [5.74, 6) is 0.544. The van der Waals surface area contributed by atoms with E-state index in [9.17, 15) is 4.39 Å². The second-order valence-corrected chi connectivity index (χ2v) is 7.49. The molecule has 0 amide bonds. The Morgan fingerprint density at radius 3 is 2.38 bits per heavy atom. The van der Waals surface area contributed by atoms with Crippen LogP contribution in [0.25, 0.3) is 11.1 Å². The fourth-order valence-corrected chi connectivity index (χ4v) is 4.20. The lowest BCUT2D eigenvalue weighted by Gasteiger charge is -2.32. The molecule has 0 N–H and O–H groups in total. The first-order valence-electron chi connectivity index (χ1n) is 9.70. The van der Waals surface area contributed by atoms with Gasteiger partial charge in [-0.05, 0) is 66.0 Å². The van der Waals surface area contributed by atoms with Crippen molar-refractivity contribution in [1.29, 1.82) is 0 Å². The molecular weight excluding hydrogens is 321 g/mol. The van der Waals surface area contributed by atoms with E-state index in [0.717, 1.165) is 38.9 Å². The van der Waals surface area contributed by atoms with Gasteiger partial charge in [0.15, 0.2) is 0 Å². The van der Waals surface area contributed by atoms with Gasteiger partial charge >= 0.3 is 0 Å². The van der Waals surface area contributed by atoms with Gasteiger partial charge in [-0.15, -0.1) is 0 Å². The molecule has 2 aliphatic rings. The van der Waals surface area contributed by atoms with E-state index in [4.69, 9.17) is 0 Å². The molecule has 134 valence electrons. The molecule has 2 heteroatoms. The average molecular weight is 347 g/mol. The molecular formula is C24H26FN. The third-order valence-corrected chi connectivity index (χ3v) is 5.64. The Bertz CT molecular complexity index is 789. The molecule has 2 aromatic carbocycles. The minimum absolute atomic E-state index is 0.156. The second-order valence-electron chi connectivity index (χ2n) is 7.49. The molecule has 1 nitrogen and oxygen atoms in total. The third kappa shape index (κ3) is 4.13. The van der Waals surface area contributed by atoms with Crippen LogP contribution in [0.3, 0.4) is 0 Å². The van der Waals surface area contributed by atoms with Crippen LogP contribution >= 0.6 is 0 Å². The Kier molecular flexibility index (Phi) is 5.31. The van der Waals surface area contributed by atoms with E-state index in [1.807, 2.05) is 12.1 Å². The largest absolute Gasteiger partial charge is 0.299 e. The van der Waals surface area contributed by atoms with Crippen LogP contribution in [0.1, 0.15) is 36.8 Å². The smallest absolute Gasteiger partial charge is 0.123 e. The summed E-state index contributed by atoms with van der Waals surface area (Å²) in [5, 5.41) is 0. The summed E-state index contributed by atoms with van der Waals surface area (Å²) in [6.07, 6.45) is 9.38. The minimum Gasteiger partial charge on any atom is -0.299 e. The first kappa shape index (κ1) is 17.2. The Morgan fingerprint density at radius 2 is 1.65 bits per heavy atom. The summed E-state index contributed by atoms with van der Waals surface area (Å²) >= 11 is 0. The van der Waals surface area contributed by atoms with Gasteiger partial charge in [0.1, 0.15) is 5.82 Å². The highest BCUT2D eigenvalue weighted by atomic mass is 19.1. The van der Waals surface area contributed by atoms with Gasteiger partial charge in [0.25, 0.3) is 0 Å². The molecule has 0 aromatic heterocycles. The molecule has 0 radical (unpaired) electrons. The van der Waals surface area contributed by atoms with Crippen LogP contribution in [-0.2, 0) is 0 Å². The van der Waals surface area contributed by atoms with Gasteiger partial charge < -0.3 is 0 Å². The molecule has 0 saturated carbocycles. The van der Waals surface area contributed by atoms with Crippen LogP contribution in [0.5, 0.6) is 0 Å². The van der Waals surface area contributed by atoms with Crippen molar-refractivity contribution in [2.75, 3.05) is 19.6 Å². The zero-order valence-corrected chi connectivity index (χ0v) is 15.2. The van der Waals surface area contributed by atoms with Crippen LogP contribution in [-0.4, -0.2) is 24.5 Å². The summed E-state index contributed by atoms with van der Waals surface area (Å²) in [7, 11) is 0. The molecule has 2 aromatic rings. The highest BCUT2D eigenvalue weighted by Gasteiger charge is 2.21. The van der Waals surface area contributed by atoms with E-state index in [2.05, 4.69) is 47.4 Å². The zero-order valence-electron chi connectivity index (χ0n) is 15.2. The highest BCUT2D eigenvalue weighted by Crippen LogP contribution is 2.32. The maximum Gasteiger partial charge on any atom is 0.123 e. The summed E-state index contributed by atoms with van der Waals surface area (Å²) in [4.78, 5) is 2.59. The quantitative estimate of drug-likeness (QED) is 0.676. The van der Waals surface area contributed by atoms with Crippen molar-refractivity contribution in [3.05, 3.63) is 83.7 Å². The van der Waals surface area contributed by atoms with Crippen molar-refractivity contribution >= 4 is 11.1 Å². The number of halogens is 1. The number of hydrogen-bond acceptors (Lipinski definition) is 1. The van der Waals surface area contributed by atoms with Gasteiger partial charge in [0.05, 0.1) is 0 Å². The molecule has 1 aliphatic heterocycles. The van der Waals surface area contributed by atoms with Gasteiger partial charge in [0, 0.05) is 19.6 Å². The summed E-state index contributed by atoms with van der Waals surface area (Å²) in [6, 6.07) is 17.7. The van der Waals surface area contributed by atoms with Crippen molar-refractivity contribution in [2.24, 2.45) is 5.92 Å². The number of hydrogen-bond donors (Lipinski definition) is 0.